The molecule has 31 heavy (non-hydrogen) atoms. The van der Waals surface area contributed by atoms with Crippen molar-refractivity contribution in [3.8, 4) is 0 Å². The first-order valence-electron chi connectivity index (χ1n) is 12.9. The number of hydrogen-bond donors (Lipinski definition) is 0. The zero-order valence-corrected chi connectivity index (χ0v) is 22.5. The molecule has 4 nitrogen and oxygen atoms in total. The Hall–Kier alpha value is -0.338. The summed E-state index contributed by atoms with van der Waals surface area (Å²) in [6.45, 7) is 10.3. The molecule has 0 fully saturated rings. The van der Waals surface area contributed by atoms with Gasteiger partial charge in [-0.05, 0) is 38.5 Å². The molecule has 182 valence electrons. The maximum absolute atomic E-state index is 10.2. The monoisotopic (exact) mass is 454 g/mol. The minimum absolute atomic E-state index is 0.226. The van der Waals surface area contributed by atoms with Crippen molar-refractivity contribution < 1.29 is 17.5 Å². The van der Waals surface area contributed by atoms with Gasteiger partial charge < -0.3 is 9.90 Å². The maximum Gasteiger partial charge on any atom is 0.0414 e. The predicted octanol–water partition coefficient (Wildman–Crippen LogP) is 6.92. The van der Waals surface area contributed by atoms with E-state index >= 15 is 0 Å². The van der Waals surface area contributed by atoms with E-state index in [1.807, 2.05) is 27.7 Å². The fraction of sp³-hybridized carbons (Fsp3) is 0.885. The Kier molecular flexibility index (Phi) is 29.3. The quantitative estimate of drug-likeness (QED) is 0.107. The molecular formula is C26H51AlO4. The van der Waals surface area contributed by atoms with Crippen molar-refractivity contribution in [3.63, 3.8) is 0 Å². The standard InChI is InChI=1S/C20H38O2.2C3H7O.Al/c1-2-3-4-5-6-7-8-9-10-11-12-13-14-15-16-17-18-19-20(21)22;2*1-3(2)4;/h9-10H,2-8,11-19H2,1H3,(H,21,22);2*3H,1-2H3;/q;2*-1;+3/p-1. The minimum atomic E-state index is -0.909. The van der Waals surface area contributed by atoms with Crippen LogP contribution >= 0.6 is 0 Å². The molecule has 0 saturated heterocycles. The summed E-state index contributed by atoms with van der Waals surface area (Å²) in [5.74, 6) is -0.909. The summed E-state index contributed by atoms with van der Waals surface area (Å²) >= 11 is -0.245. The molecule has 0 aliphatic heterocycles. The number of carboxylic acid groups (broad SMARTS) is 1. The average molecular weight is 455 g/mol. The third-order valence-corrected chi connectivity index (χ3v) is 6.11. The second kappa shape index (κ2) is 27.7. The van der Waals surface area contributed by atoms with Gasteiger partial charge in [0.1, 0.15) is 0 Å². The van der Waals surface area contributed by atoms with Gasteiger partial charge in [0.05, 0.1) is 0 Å². The third-order valence-electron chi connectivity index (χ3n) is 4.80. The van der Waals surface area contributed by atoms with Crippen LogP contribution in [-0.2, 0) is 12.4 Å². The topological polar surface area (TPSA) is 58.6 Å². The average Bonchev–Trinajstić information content (AvgIpc) is 2.70. The summed E-state index contributed by atoms with van der Waals surface area (Å²) < 4.78 is 10.4. The number of unbranched alkanes of at least 4 members (excludes halogenated alkanes) is 13. The fourth-order valence-electron chi connectivity index (χ4n) is 2.95. The second-order valence-electron chi connectivity index (χ2n) is 8.88. The van der Waals surface area contributed by atoms with E-state index in [0.717, 1.165) is 12.8 Å². The minimum Gasteiger partial charge on any atom is -0.550 e. The van der Waals surface area contributed by atoms with Gasteiger partial charge in [0, 0.05) is 5.97 Å². The summed E-state index contributed by atoms with van der Waals surface area (Å²) in [4.78, 5) is 10.2. The number of allylic oxidation sites excluding steroid dienone is 2. The van der Waals surface area contributed by atoms with E-state index in [0.29, 0.717) is 12.2 Å². The molecule has 0 aliphatic carbocycles. The molecule has 0 spiro atoms. The van der Waals surface area contributed by atoms with E-state index in [1.165, 1.54) is 83.5 Å². The Labute approximate surface area is 200 Å². The van der Waals surface area contributed by atoms with E-state index in [-0.39, 0.29) is 22.3 Å². The molecule has 0 unspecified atom stereocenters. The van der Waals surface area contributed by atoms with Crippen molar-refractivity contribution in [2.75, 3.05) is 0 Å². The molecule has 0 bridgehead atoms. The molecule has 0 heterocycles. The van der Waals surface area contributed by atoms with E-state index < -0.39 is 5.97 Å². The first kappa shape index (κ1) is 32.8. The number of carbonyl (C=O) groups is 1. The van der Waals surface area contributed by atoms with Crippen LogP contribution < -0.4 is 5.11 Å². The molecule has 0 amide bonds. The molecule has 5 heteroatoms. The summed E-state index contributed by atoms with van der Waals surface area (Å²) in [7, 11) is 0. The van der Waals surface area contributed by atoms with Gasteiger partial charge in [0.15, 0.2) is 0 Å². The van der Waals surface area contributed by atoms with Crippen LogP contribution in [0.4, 0.5) is 0 Å². The van der Waals surface area contributed by atoms with Gasteiger partial charge in [-0.3, -0.25) is 0 Å². The number of rotatable bonds is 21. The Bertz CT molecular complexity index is 376. The fourth-order valence-corrected chi connectivity index (χ4v) is 3.46. The molecule has 0 saturated carbocycles. The van der Waals surface area contributed by atoms with Crippen molar-refractivity contribution in [2.45, 2.75) is 150 Å². The summed E-state index contributed by atoms with van der Waals surface area (Å²) in [6, 6.07) is 0. The van der Waals surface area contributed by atoms with Crippen molar-refractivity contribution in [3.05, 3.63) is 12.2 Å². The van der Waals surface area contributed by atoms with E-state index in [9.17, 15) is 9.90 Å². The molecule has 0 aromatic heterocycles. The van der Waals surface area contributed by atoms with Crippen LogP contribution in [0.2, 0.25) is 0 Å². The van der Waals surface area contributed by atoms with Crippen LogP contribution in [-0.4, -0.2) is 34.1 Å². The Morgan fingerprint density at radius 2 is 1.10 bits per heavy atom. The Balaban J connectivity index is 0. The second-order valence-corrected chi connectivity index (χ2v) is 9.62. The van der Waals surface area contributed by atoms with Crippen molar-refractivity contribution in [1.29, 1.82) is 0 Å². The summed E-state index contributed by atoms with van der Waals surface area (Å²) in [6.07, 6.45) is 24.4. The number of carboxylic acids is 1. The summed E-state index contributed by atoms with van der Waals surface area (Å²) in [5.41, 5.74) is 0. The van der Waals surface area contributed by atoms with Gasteiger partial charge >= 0.3 is 63.4 Å². The molecule has 0 N–H and O–H groups in total. The smallest absolute Gasteiger partial charge is 0.0414 e. The van der Waals surface area contributed by atoms with Gasteiger partial charge in [0.25, 0.3) is 0 Å². The first-order valence-corrected chi connectivity index (χ1v) is 13.8. The largest absolute Gasteiger partial charge is 0.550 e. The molecule has 0 atom stereocenters. The van der Waals surface area contributed by atoms with Crippen LogP contribution in [0.25, 0.3) is 0 Å². The Morgan fingerprint density at radius 3 is 1.48 bits per heavy atom. The van der Waals surface area contributed by atoms with E-state index in [2.05, 4.69) is 19.1 Å². The predicted molar refractivity (Wildman–Crippen MR) is 132 cm³/mol. The van der Waals surface area contributed by atoms with Gasteiger partial charge in [-0.25, -0.2) is 0 Å². The zero-order chi connectivity index (χ0) is 23.6. The molecule has 0 radical (unpaired) electrons. The first-order chi connectivity index (χ1) is 14.9. The van der Waals surface area contributed by atoms with Gasteiger partial charge in [-0.1, -0.05) is 83.3 Å². The summed E-state index contributed by atoms with van der Waals surface area (Å²) in [5, 5.41) is 10.2. The van der Waals surface area contributed by atoms with Gasteiger partial charge in [-0.15, -0.1) is 0 Å². The third kappa shape index (κ3) is 37.3. The SMILES string of the molecule is CC(C)[O][Al+][O]C(C)C.CCCCCCCCC=CCCCCCCCCCC(=O)[O-]. The van der Waals surface area contributed by atoms with Crippen LogP contribution in [0.5, 0.6) is 0 Å². The van der Waals surface area contributed by atoms with Crippen LogP contribution in [0.15, 0.2) is 12.2 Å². The number of aliphatic carboxylic acids is 1. The van der Waals surface area contributed by atoms with Crippen molar-refractivity contribution in [2.24, 2.45) is 0 Å². The molecule has 0 aliphatic rings. The maximum atomic E-state index is 10.2. The molecule has 0 aromatic carbocycles. The number of carbonyl (C=O) groups excluding carboxylic acids is 1. The van der Waals surface area contributed by atoms with E-state index in [1.54, 1.807) is 0 Å². The van der Waals surface area contributed by atoms with Gasteiger partial charge in [0.2, 0.25) is 0 Å². The van der Waals surface area contributed by atoms with Crippen LogP contribution in [0.3, 0.4) is 0 Å². The van der Waals surface area contributed by atoms with Crippen LogP contribution in [0.1, 0.15) is 137 Å². The normalized spacial score (nSPS) is 11.1. The number of hydrogen-bond acceptors (Lipinski definition) is 4. The van der Waals surface area contributed by atoms with Crippen molar-refractivity contribution in [1.82, 2.24) is 0 Å². The van der Waals surface area contributed by atoms with Crippen LogP contribution in [0, 0.1) is 0 Å². The Morgan fingerprint density at radius 1 is 0.710 bits per heavy atom. The molecular weight excluding hydrogens is 403 g/mol. The zero-order valence-electron chi connectivity index (χ0n) is 21.3. The van der Waals surface area contributed by atoms with Gasteiger partial charge in [-0.2, -0.15) is 0 Å². The molecule has 0 rings (SSSR count). The molecule has 0 aromatic rings. The van der Waals surface area contributed by atoms with E-state index in [4.69, 9.17) is 7.58 Å². The van der Waals surface area contributed by atoms with Crippen molar-refractivity contribution >= 4 is 21.9 Å².